The van der Waals surface area contributed by atoms with E-state index in [1.807, 2.05) is 13.8 Å². The number of ether oxygens (including phenoxy) is 1. The molecular formula is C23H24FNO4S. The molecule has 1 saturated carbocycles. The third-order valence-electron chi connectivity index (χ3n) is 7.09. The Morgan fingerprint density at radius 2 is 1.80 bits per heavy atom. The summed E-state index contributed by atoms with van der Waals surface area (Å²) in [6.45, 7) is 3.72. The zero-order valence-corrected chi connectivity index (χ0v) is 17.8. The Morgan fingerprint density at radius 1 is 1.10 bits per heavy atom. The number of nitrogens with zero attached hydrogens (tertiary/aromatic N) is 1. The molecule has 3 aliphatic rings. The lowest BCUT2D eigenvalue weighted by Gasteiger charge is -2.51. The van der Waals surface area contributed by atoms with Crippen LogP contribution in [0, 0.1) is 18.2 Å². The first-order valence-electron chi connectivity index (χ1n) is 10.3. The van der Waals surface area contributed by atoms with E-state index in [4.69, 9.17) is 4.74 Å². The van der Waals surface area contributed by atoms with E-state index >= 15 is 0 Å². The highest BCUT2D eigenvalue weighted by atomic mass is 32.2. The van der Waals surface area contributed by atoms with Crippen molar-refractivity contribution < 1.29 is 22.3 Å². The lowest BCUT2D eigenvalue weighted by Crippen LogP contribution is -2.63. The molecule has 0 unspecified atom stereocenters. The van der Waals surface area contributed by atoms with Crippen LogP contribution in [0.2, 0.25) is 0 Å². The van der Waals surface area contributed by atoms with E-state index in [9.17, 15) is 17.6 Å². The van der Waals surface area contributed by atoms with Gasteiger partial charge in [-0.1, -0.05) is 36.2 Å². The van der Waals surface area contributed by atoms with Crippen LogP contribution in [0.1, 0.15) is 49.8 Å². The first-order chi connectivity index (χ1) is 14.2. The summed E-state index contributed by atoms with van der Waals surface area (Å²) < 4.78 is 49.6. The second-order valence-corrected chi connectivity index (χ2v) is 10.7. The number of aryl methyl sites for hydroxylation is 1. The van der Waals surface area contributed by atoms with Gasteiger partial charge in [-0.05, 0) is 62.9 Å². The topological polar surface area (TPSA) is 63.7 Å². The van der Waals surface area contributed by atoms with E-state index < -0.39 is 39.1 Å². The van der Waals surface area contributed by atoms with E-state index in [1.165, 1.54) is 22.5 Å². The number of fused-ring (bicyclic) bond motifs is 1. The summed E-state index contributed by atoms with van der Waals surface area (Å²) in [4.78, 5) is 13.6. The van der Waals surface area contributed by atoms with Crippen LogP contribution >= 0.6 is 0 Å². The Bertz CT molecular complexity index is 1130. The summed E-state index contributed by atoms with van der Waals surface area (Å²) in [5.74, 6) is -0.550. The quantitative estimate of drug-likeness (QED) is 0.736. The summed E-state index contributed by atoms with van der Waals surface area (Å²) >= 11 is 0. The van der Waals surface area contributed by atoms with E-state index in [2.05, 4.69) is 0 Å². The van der Waals surface area contributed by atoms with Crippen molar-refractivity contribution in [2.24, 2.45) is 5.41 Å². The second-order valence-electron chi connectivity index (χ2n) is 8.84. The van der Waals surface area contributed by atoms with Crippen LogP contribution in [0.4, 0.5) is 4.39 Å². The van der Waals surface area contributed by atoms with Crippen molar-refractivity contribution in [2.45, 2.75) is 62.3 Å². The van der Waals surface area contributed by atoms with Crippen LogP contribution in [0.5, 0.6) is 0 Å². The van der Waals surface area contributed by atoms with Gasteiger partial charge in [0.05, 0.1) is 16.4 Å². The fraction of sp³-hybridized carbons (Fsp3) is 0.435. The van der Waals surface area contributed by atoms with Crippen LogP contribution in [0.15, 0.2) is 53.4 Å². The molecule has 0 N–H and O–H groups in total. The molecule has 2 aliphatic heterocycles. The number of Topliss-reactive ketones (excluding diaryl/α,β-unsaturated/α-hetero) is 1. The number of hydrogen-bond acceptors (Lipinski definition) is 4. The zero-order valence-electron chi connectivity index (χ0n) is 17.0. The molecular weight excluding hydrogens is 405 g/mol. The number of carbonyl (C=O) groups is 1. The molecule has 1 spiro atoms. The van der Waals surface area contributed by atoms with Crippen LogP contribution in [0.3, 0.4) is 0 Å². The van der Waals surface area contributed by atoms with Crippen molar-refractivity contribution in [3.63, 3.8) is 0 Å². The summed E-state index contributed by atoms with van der Waals surface area (Å²) in [6, 6.07) is 11.6. The fourth-order valence-electron chi connectivity index (χ4n) is 5.53. The maximum Gasteiger partial charge on any atom is 0.246 e. The molecule has 0 aromatic heterocycles. The molecule has 2 heterocycles. The first-order valence-corrected chi connectivity index (χ1v) is 11.7. The molecule has 7 heteroatoms. The van der Waals surface area contributed by atoms with E-state index in [-0.39, 0.29) is 10.7 Å². The van der Waals surface area contributed by atoms with Gasteiger partial charge >= 0.3 is 0 Å². The van der Waals surface area contributed by atoms with Crippen molar-refractivity contribution in [3.05, 3.63) is 65.5 Å². The minimum Gasteiger partial charge on any atom is -0.345 e. The lowest BCUT2D eigenvalue weighted by atomic mass is 9.64. The molecule has 2 bridgehead atoms. The Labute approximate surface area is 175 Å². The summed E-state index contributed by atoms with van der Waals surface area (Å²) in [7, 11) is -4.00. The van der Waals surface area contributed by atoms with Crippen LogP contribution in [-0.4, -0.2) is 30.3 Å². The number of carbonyl (C=O) groups excluding carboxylic acids is 1. The van der Waals surface area contributed by atoms with Crippen LogP contribution in [-0.2, 0) is 19.6 Å². The van der Waals surface area contributed by atoms with Gasteiger partial charge in [-0.15, -0.1) is 0 Å². The van der Waals surface area contributed by atoms with E-state index in [0.29, 0.717) is 18.4 Å². The van der Waals surface area contributed by atoms with E-state index in [1.54, 1.807) is 30.3 Å². The summed E-state index contributed by atoms with van der Waals surface area (Å²) in [5, 5.41) is 0. The van der Waals surface area contributed by atoms with E-state index in [0.717, 1.165) is 18.4 Å². The third kappa shape index (κ3) is 2.46. The zero-order chi connectivity index (χ0) is 21.3. The number of halogens is 1. The number of ketones is 1. The SMILES string of the molecule is Cc1ccc(S(=O)(=O)N2[C@H](c3cccc(F)c3)[C@H]3O[C@@]24CCCC[C@]4(C)C3=O)cc1. The smallest absolute Gasteiger partial charge is 0.246 e. The maximum atomic E-state index is 14.1. The van der Waals surface area contributed by atoms with Crippen LogP contribution < -0.4 is 0 Å². The number of rotatable bonds is 3. The Morgan fingerprint density at radius 3 is 2.50 bits per heavy atom. The Kier molecular flexibility index (Phi) is 4.27. The molecule has 0 amide bonds. The molecule has 2 aromatic carbocycles. The Balaban J connectivity index is 1.74. The van der Waals surface area contributed by atoms with Crippen molar-refractivity contribution in [1.29, 1.82) is 0 Å². The standard InChI is InChI=1S/C23H24FNO4S/c1-15-8-10-18(11-9-15)30(27,28)25-19(16-6-5-7-17(24)14-16)20-21(26)22(2)12-3-4-13-23(22,25)29-20/h5-11,14,19-20H,3-4,12-13H2,1-2H3/t19-,20-,22-,23-/m1/s1. The molecule has 2 saturated heterocycles. The predicted molar refractivity (Wildman–Crippen MR) is 109 cm³/mol. The van der Waals surface area contributed by atoms with Crippen molar-refractivity contribution >= 4 is 15.8 Å². The number of hydrogen-bond donors (Lipinski definition) is 0. The fourth-order valence-corrected chi connectivity index (χ4v) is 7.49. The van der Waals surface area contributed by atoms with Gasteiger partial charge in [-0.2, -0.15) is 4.31 Å². The molecule has 4 atom stereocenters. The number of sulfonamides is 1. The minimum atomic E-state index is -4.00. The third-order valence-corrected chi connectivity index (χ3v) is 9.00. The normalized spacial score (nSPS) is 33.6. The maximum absolute atomic E-state index is 14.1. The molecule has 0 radical (unpaired) electrons. The lowest BCUT2D eigenvalue weighted by molar-refractivity contribution is -0.147. The molecule has 5 rings (SSSR count). The van der Waals surface area contributed by atoms with Crippen LogP contribution in [0.25, 0.3) is 0 Å². The van der Waals surface area contributed by atoms with Gasteiger partial charge in [-0.25, -0.2) is 12.8 Å². The molecule has 1 aliphatic carbocycles. The van der Waals surface area contributed by atoms with Gasteiger partial charge in [0.25, 0.3) is 0 Å². The van der Waals surface area contributed by atoms with Crippen molar-refractivity contribution in [1.82, 2.24) is 4.31 Å². The first kappa shape index (κ1) is 19.8. The van der Waals surface area contributed by atoms with Gasteiger partial charge in [0.2, 0.25) is 10.0 Å². The monoisotopic (exact) mass is 429 g/mol. The molecule has 5 nitrogen and oxygen atoms in total. The van der Waals surface area contributed by atoms with Crippen molar-refractivity contribution in [3.8, 4) is 0 Å². The summed E-state index contributed by atoms with van der Waals surface area (Å²) in [6.07, 6.45) is 1.71. The highest BCUT2D eigenvalue weighted by Gasteiger charge is 2.76. The highest BCUT2D eigenvalue weighted by Crippen LogP contribution is 2.65. The van der Waals surface area contributed by atoms with Gasteiger partial charge in [0, 0.05) is 0 Å². The molecule has 2 aromatic rings. The largest absolute Gasteiger partial charge is 0.345 e. The number of piperidine rings is 1. The average Bonchev–Trinajstić information content (AvgIpc) is 3.17. The molecule has 30 heavy (non-hydrogen) atoms. The molecule has 3 fully saturated rings. The van der Waals surface area contributed by atoms with Gasteiger partial charge < -0.3 is 4.74 Å². The predicted octanol–water partition coefficient (Wildman–Crippen LogP) is 4.12. The minimum absolute atomic E-state index is 0.0770. The summed E-state index contributed by atoms with van der Waals surface area (Å²) in [5.41, 5.74) is -0.759. The van der Waals surface area contributed by atoms with Crippen molar-refractivity contribution in [2.75, 3.05) is 0 Å². The number of benzene rings is 2. The second kappa shape index (κ2) is 6.45. The van der Waals surface area contributed by atoms with Gasteiger partial charge in [-0.3, -0.25) is 4.79 Å². The van der Waals surface area contributed by atoms with Gasteiger partial charge in [0.1, 0.15) is 17.6 Å². The van der Waals surface area contributed by atoms with Gasteiger partial charge in [0.15, 0.2) is 5.78 Å². The average molecular weight is 430 g/mol. The molecule has 158 valence electrons. The Hall–Kier alpha value is -2.09. The highest BCUT2D eigenvalue weighted by molar-refractivity contribution is 7.89.